The predicted molar refractivity (Wildman–Crippen MR) is 138 cm³/mol. The molecule has 2 aliphatic rings. The van der Waals surface area contributed by atoms with Crippen molar-refractivity contribution in [2.75, 3.05) is 16.6 Å². The highest BCUT2D eigenvalue weighted by atomic mass is 35.5. The molecule has 2 saturated heterocycles. The third-order valence-corrected chi connectivity index (χ3v) is 8.11. The summed E-state index contributed by atoms with van der Waals surface area (Å²) in [6.07, 6.45) is -1.03. The lowest BCUT2D eigenvalue weighted by Gasteiger charge is -2.28. The fraction of sp³-hybridized carbons (Fsp3) is 0.296. The second kappa shape index (κ2) is 9.35. The number of imide groups is 1. The first-order chi connectivity index (χ1) is 17.2. The number of halogens is 1. The van der Waals surface area contributed by atoms with Crippen molar-refractivity contribution in [3.8, 4) is 0 Å². The summed E-state index contributed by atoms with van der Waals surface area (Å²) in [5.74, 6) is -2.25. The van der Waals surface area contributed by atoms with Crippen molar-refractivity contribution >= 4 is 51.4 Å². The number of fused-ring (bicyclic) bond motifs is 1. The Morgan fingerprint density at radius 2 is 1.69 bits per heavy atom. The number of nitrogens with zero attached hydrogens (tertiary/aromatic N) is 2. The standard InChI is InChI=1S/C27H25ClN2O5S/c1-5-34-27(33)20-15(3)16(4)36-26(20)29-24(31)21-22(17-8-6-14(2)7-9-17)30(35-23(21)25(29)32)19-12-10-18(28)11-13-19/h6-13,21-23H,5H2,1-4H3/t21-,22-,23+/m0/s1. The third-order valence-electron chi connectivity index (χ3n) is 6.66. The maximum Gasteiger partial charge on any atom is 0.341 e. The first kappa shape index (κ1) is 24.5. The van der Waals surface area contributed by atoms with Crippen LogP contribution < -0.4 is 9.96 Å². The number of hydrogen-bond acceptors (Lipinski definition) is 7. The topological polar surface area (TPSA) is 76.2 Å². The molecule has 9 heteroatoms. The van der Waals surface area contributed by atoms with E-state index in [1.165, 1.54) is 11.3 Å². The van der Waals surface area contributed by atoms with Gasteiger partial charge in [0.05, 0.1) is 23.9 Å². The van der Waals surface area contributed by atoms with Gasteiger partial charge in [-0.3, -0.25) is 14.4 Å². The quantitative estimate of drug-likeness (QED) is 0.321. The number of anilines is 2. The maximum atomic E-state index is 14.0. The molecule has 0 bridgehead atoms. The van der Waals surface area contributed by atoms with Crippen LogP contribution in [0, 0.1) is 26.7 Å². The van der Waals surface area contributed by atoms with Gasteiger partial charge in [-0.2, -0.15) is 0 Å². The Morgan fingerprint density at radius 1 is 1.03 bits per heavy atom. The molecule has 0 radical (unpaired) electrons. The molecule has 0 saturated carbocycles. The van der Waals surface area contributed by atoms with Crippen LogP contribution in [0.25, 0.3) is 0 Å². The number of carbonyl (C=O) groups is 3. The van der Waals surface area contributed by atoms with Crippen LogP contribution in [-0.2, 0) is 19.2 Å². The van der Waals surface area contributed by atoms with Crippen molar-refractivity contribution in [2.45, 2.75) is 39.8 Å². The molecular weight excluding hydrogens is 500 g/mol. The molecule has 1 aromatic heterocycles. The molecule has 36 heavy (non-hydrogen) atoms. The SMILES string of the molecule is CCOC(=O)c1c(N2C(=O)[C@@H]3[C@@H](ON(c4ccc(Cl)cc4)[C@H]3c3ccc(C)cc3)C2=O)sc(C)c1C. The molecule has 7 nitrogen and oxygen atoms in total. The van der Waals surface area contributed by atoms with E-state index in [1.54, 1.807) is 43.2 Å². The average molecular weight is 525 g/mol. The highest BCUT2D eigenvalue weighted by molar-refractivity contribution is 7.17. The molecule has 186 valence electrons. The van der Waals surface area contributed by atoms with Gasteiger partial charge in [0.15, 0.2) is 6.10 Å². The minimum Gasteiger partial charge on any atom is -0.462 e. The number of benzene rings is 2. The molecule has 0 aliphatic carbocycles. The number of thiophene rings is 1. The van der Waals surface area contributed by atoms with Gasteiger partial charge in [-0.05, 0) is 63.1 Å². The van der Waals surface area contributed by atoms with E-state index in [0.717, 1.165) is 20.9 Å². The Kier molecular flexibility index (Phi) is 6.36. The molecule has 2 aliphatic heterocycles. The number of esters is 1. The molecule has 0 unspecified atom stereocenters. The molecule has 0 N–H and O–H groups in total. The molecule has 2 fully saturated rings. The Labute approximate surface area is 218 Å². The summed E-state index contributed by atoms with van der Waals surface area (Å²) in [7, 11) is 0. The van der Waals surface area contributed by atoms with E-state index < -0.39 is 35.8 Å². The normalized spacial score (nSPS) is 21.3. The van der Waals surface area contributed by atoms with Gasteiger partial charge in [0, 0.05) is 9.90 Å². The molecule has 3 atom stereocenters. The van der Waals surface area contributed by atoms with Gasteiger partial charge in [0.2, 0.25) is 5.91 Å². The van der Waals surface area contributed by atoms with Crippen molar-refractivity contribution in [1.82, 2.24) is 0 Å². The average Bonchev–Trinajstić information content (AvgIpc) is 3.45. The van der Waals surface area contributed by atoms with Gasteiger partial charge in [0.1, 0.15) is 10.9 Å². The molecule has 2 aromatic carbocycles. The van der Waals surface area contributed by atoms with Gasteiger partial charge < -0.3 is 4.74 Å². The fourth-order valence-electron chi connectivity index (χ4n) is 4.74. The molecule has 0 spiro atoms. The van der Waals surface area contributed by atoms with E-state index in [9.17, 15) is 14.4 Å². The van der Waals surface area contributed by atoms with E-state index in [2.05, 4.69) is 0 Å². The minimum absolute atomic E-state index is 0.189. The zero-order valence-electron chi connectivity index (χ0n) is 20.3. The summed E-state index contributed by atoms with van der Waals surface area (Å²) in [6, 6.07) is 14.3. The lowest BCUT2D eigenvalue weighted by atomic mass is 9.90. The van der Waals surface area contributed by atoms with Crippen LogP contribution in [-0.4, -0.2) is 30.5 Å². The van der Waals surface area contributed by atoms with Gasteiger partial charge in [-0.25, -0.2) is 14.8 Å². The first-order valence-corrected chi connectivity index (χ1v) is 12.9. The van der Waals surface area contributed by atoms with E-state index in [0.29, 0.717) is 16.3 Å². The monoisotopic (exact) mass is 524 g/mol. The zero-order valence-corrected chi connectivity index (χ0v) is 21.9. The van der Waals surface area contributed by atoms with Crippen molar-refractivity contribution in [3.63, 3.8) is 0 Å². The summed E-state index contributed by atoms with van der Waals surface area (Å²) < 4.78 is 5.24. The second-order valence-electron chi connectivity index (χ2n) is 8.91. The summed E-state index contributed by atoms with van der Waals surface area (Å²) in [5, 5.41) is 2.48. The van der Waals surface area contributed by atoms with E-state index >= 15 is 0 Å². The predicted octanol–water partition coefficient (Wildman–Crippen LogP) is 5.55. The fourth-order valence-corrected chi connectivity index (χ4v) is 6.02. The molecule has 2 amide bonds. The molecule has 5 rings (SSSR count). The Hall–Kier alpha value is -3.20. The number of hydrogen-bond donors (Lipinski definition) is 0. The van der Waals surface area contributed by atoms with Crippen LogP contribution in [0.4, 0.5) is 10.7 Å². The van der Waals surface area contributed by atoms with E-state index in [-0.39, 0.29) is 17.2 Å². The Morgan fingerprint density at radius 3 is 2.33 bits per heavy atom. The summed E-state index contributed by atoms with van der Waals surface area (Å²) >= 11 is 7.32. The smallest absolute Gasteiger partial charge is 0.341 e. The van der Waals surface area contributed by atoms with E-state index in [4.69, 9.17) is 21.2 Å². The maximum absolute atomic E-state index is 14.0. The van der Waals surface area contributed by atoms with Crippen LogP contribution in [0.2, 0.25) is 5.02 Å². The number of hydroxylamine groups is 1. The Balaban J connectivity index is 1.59. The lowest BCUT2D eigenvalue weighted by molar-refractivity contribution is -0.126. The van der Waals surface area contributed by atoms with Gasteiger partial charge in [0.25, 0.3) is 5.91 Å². The molecule has 3 aromatic rings. The number of ether oxygens (including phenoxy) is 1. The second-order valence-corrected chi connectivity index (χ2v) is 10.5. The summed E-state index contributed by atoms with van der Waals surface area (Å²) in [4.78, 5) is 48.6. The Bertz CT molecular complexity index is 1350. The van der Waals surface area contributed by atoms with Crippen LogP contribution in [0.3, 0.4) is 0 Å². The van der Waals surface area contributed by atoms with Crippen LogP contribution in [0.1, 0.15) is 44.9 Å². The number of aryl methyl sites for hydroxylation is 2. The highest BCUT2D eigenvalue weighted by Crippen LogP contribution is 2.49. The number of carbonyl (C=O) groups excluding carboxylic acids is 3. The van der Waals surface area contributed by atoms with Gasteiger partial charge >= 0.3 is 5.97 Å². The van der Waals surface area contributed by atoms with Crippen LogP contribution in [0.5, 0.6) is 0 Å². The van der Waals surface area contributed by atoms with Crippen LogP contribution in [0.15, 0.2) is 48.5 Å². The van der Waals surface area contributed by atoms with Crippen molar-refractivity contribution < 1.29 is 24.0 Å². The summed E-state index contributed by atoms with van der Waals surface area (Å²) in [5.41, 5.74) is 3.55. The van der Waals surface area contributed by atoms with E-state index in [1.807, 2.05) is 38.1 Å². The van der Waals surface area contributed by atoms with Crippen molar-refractivity contribution in [2.24, 2.45) is 5.92 Å². The third kappa shape index (κ3) is 3.89. The number of amides is 2. The first-order valence-electron chi connectivity index (χ1n) is 11.7. The molecular formula is C27H25ClN2O5S. The highest BCUT2D eigenvalue weighted by Gasteiger charge is 2.61. The van der Waals surface area contributed by atoms with Crippen LogP contribution >= 0.6 is 22.9 Å². The lowest BCUT2D eigenvalue weighted by Crippen LogP contribution is -2.37. The van der Waals surface area contributed by atoms with Crippen molar-refractivity contribution in [3.05, 3.63) is 80.7 Å². The van der Waals surface area contributed by atoms with Crippen molar-refractivity contribution in [1.29, 1.82) is 0 Å². The zero-order chi connectivity index (χ0) is 25.7. The van der Waals surface area contributed by atoms with Gasteiger partial charge in [-0.15, -0.1) is 11.3 Å². The summed E-state index contributed by atoms with van der Waals surface area (Å²) in [6.45, 7) is 7.54. The van der Waals surface area contributed by atoms with Gasteiger partial charge in [-0.1, -0.05) is 41.4 Å². The number of rotatable bonds is 5. The minimum atomic E-state index is -1.03. The largest absolute Gasteiger partial charge is 0.462 e. The molecule has 3 heterocycles.